The van der Waals surface area contributed by atoms with Crippen LogP contribution in [0.25, 0.3) is 22.3 Å². The third kappa shape index (κ3) is 5.31. The fourth-order valence-corrected chi connectivity index (χ4v) is 4.57. The Bertz CT molecular complexity index is 1580. The van der Waals surface area contributed by atoms with E-state index in [-0.39, 0.29) is 5.91 Å². The molecule has 1 aromatic heterocycles. The summed E-state index contributed by atoms with van der Waals surface area (Å²) in [6.45, 7) is 3.18. The lowest BCUT2D eigenvalue weighted by atomic mass is 10.1. The summed E-state index contributed by atoms with van der Waals surface area (Å²) in [4.78, 5) is 25.2. The number of aromatic nitrogens is 2. The summed E-state index contributed by atoms with van der Waals surface area (Å²) in [5.74, 6) is 1.05. The van der Waals surface area contributed by atoms with Gasteiger partial charge in [0.1, 0.15) is 11.4 Å². The number of ether oxygens (including phenoxy) is 1. The number of halogens is 1. The van der Waals surface area contributed by atoms with Crippen molar-refractivity contribution >= 4 is 40.0 Å². The molecule has 38 heavy (non-hydrogen) atoms. The average molecular weight is 523 g/mol. The van der Waals surface area contributed by atoms with E-state index in [0.29, 0.717) is 52.0 Å². The molecule has 4 aromatic carbocycles. The van der Waals surface area contributed by atoms with Crippen molar-refractivity contribution in [2.75, 3.05) is 18.6 Å². The van der Waals surface area contributed by atoms with Crippen LogP contribution in [0.3, 0.4) is 0 Å². The molecule has 6 nitrogen and oxygen atoms in total. The Labute approximate surface area is 226 Å². The number of anilines is 2. The lowest BCUT2D eigenvalue weighted by Gasteiger charge is -2.25. The molecule has 1 N–H and O–H groups in total. The Morgan fingerprint density at radius 1 is 0.895 bits per heavy atom. The third-order valence-corrected chi connectivity index (χ3v) is 6.55. The van der Waals surface area contributed by atoms with Gasteiger partial charge in [0.25, 0.3) is 5.91 Å². The zero-order valence-corrected chi connectivity index (χ0v) is 21.9. The van der Waals surface area contributed by atoms with Gasteiger partial charge in [0.05, 0.1) is 23.2 Å². The van der Waals surface area contributed by atoms with Gasteiger partial charge >= 0.3 is 0 Å². The highest BCUT2D eigenvalue weighted by atomic mass is 35.5. The zero-order chi connectivity index (χ0) is 26.5. The molecule has 1 heterocycles. The summed E-state index contributed by atoms with van der Waals surface area (Å²) in [7, 11) is 1.58. The van der Waals surface area contributed by atoms with Gasteiger partial charge in [-0.25, -0.2) is 9.97 Å². The van der Waals surface area contributed by atoms with Gasteiger partial charge < -0.3 is 15.0 Å². The molecular weight excluding hydrogens is 496 g/mol. The molecule has 0 fully saturated rings. The number of carbonyl (C=O) groups excluding carboxylic acids is 1. The van der Waals surface area contributed by atoms with Crippen LogP contribution >= 0.6 is 11.6 Å². The van der Waals surface area contributed by atoms with E-state index in [0.717, 1.165) is 16.8 Å². The SMILES string of the molecule is CCN(c1ccccc1)c1nc2cc(OC)c(Cl)cc2nc1-c1cccc(C(=O)NCc2ccccc2)c1. The number of amides is 1. The van der Waals surface area contributed by atoms with Gasteiger partial charge in [0.2, 0.25) is 0 Å². The first-order valence-electron chi connectivity index (χ1n) is 12.4. The van der Waals surface area contributed by atoms with Gasteiger partial charge in [-0.15, -0.1) is 0 Å². The number of nitrogens with one attached hydrogen (secondary N) is 1. The Balaban J connectivity index is 1.59. The van der Waals surface area contributed by atoms with Crippen molar-refractivity contribution in [1.29, 1.82) is 0 Å². The molecule has 0 bridgehead atoms. The fourth-order valence-electron chi connectivity index (χ4n) is 4.34. The van der Waals surface area contributed by atoms with Crippen LogP contribution in [0.15, 0.2) is 97.1 Å². The van der Waals surface area contributed by atoms with Crippen LogP contribution in [-0.2, 0) is 6.54 Å². The van der Waals surface area contributed by atoms with E-state index in [1.807, 2.05) is 78.9 Å². The predicted molar refractivity (Wildman–Crippen MR) is 153 cm³/mol. The number of para-hydroxylation sites is 1. The number of carbonyl (C=O) groups is 1. The number of hydrogen-bond donors (Lipinski definition) is 1. The van der Waals surface area contributed by atoms with Crippen LogP contribution in [0, 0.1) is 0 Å². The molecule has 7 heteroatoms. The van der Waals surface area contributed by atoms with E-state index in [1.54, 1.807) is 25.3 Å². The van der Waals surface area contributed by atoms with Gasteiger partial charge in [-0.1, -0.05) is 72.3 Å². The number of methoxy groups -OCH3 is 1. The van der Waals surface area contributed by atoms with Gasteiger partial charge in [-0.05, 0) is 42.8 Å². The van der Waals surface area contributed by atoms with Crippen LogP contribution in [0.5, 0.6) is 5.75 Å². The van der Waals surface area contributed by atoms with Gasteiger partial charge in [-0.2, -0.15) is 0 Å². The summed E-state index contributed by atoms with van der Waals surface area (Å²) in [5, 5.41) is 3.46. The smallest absolute Gasteiger partial charge is 0.251 e. The van der Waals surface area contributed by atoms with E-state index < -0.39 is 0 Å². The lowest BCUT2D eigenvalue weighted by Crippen LogP contribution is -2.22. The van der Waals surface area contributed by atoms with Crippen LogP contribution in [0.4, 0.5) is 11.5 Å². The fraction of sp³-hybridized carbons (Fsp3) is 0.129. The van der Waals surface area contributed by atoms with Crippen LogP contribution < -0.4 is 15.0 Å². The van der Waals surface area contributed by atoms with Crippen molar-refractivity contribution in [1.82, 2.24) is 15.3 Å². The second-order valence-electron chi connectivity index (χ2n) is 8.70. The normalized spacial score (nSPS) is 10.8. The molecule has 0 saturated heterocycles. The van der Waals surface area contributed by atoms with Gasteiger partial charge in [0.15, 0.2) is 5.82 Å². The van der Waals surface area contributed by atoms with E-state index in [1.165, 1.54) is 0 Å². The Morgan fingerprint density at radius 2 is 1.61 bits per heavy atom. The second kappa shape index (κ2) is 11.3. The van der Waals surface area contributed by atoms with E-state index in [4.69, 9.17) is 26.3 Å². The molecule has 0 aliphatic heterocycles. The maximum Gasteiger partial charge on any atom is 0.251 e. The quantitative estimate of drug-likeness (QED) is 0.236. The minimum absolute atomic E-state index is 0.158. The van der Waals surface area contributed by atoms with Crippen molar-refractivity contribution in [2.45, 2.75) is 13.5 Å². The minimum atomic E-state index is -0.158. The molecule has 0 saturated carbocycles. The van der Waals surface area contributed by atoms with Crippen molar-refractivity contribution in [3.05, 3.63) is 113 Å². The Hall–Kier alpha value is -4.42. The molecule has 0 aliphatic carbocycles. The minimum Gasteiger partial charge on any atom is -0.495 e. The number of nitrogens with zero attached hydrogens (tertiary/aromatic N) is 3. The topological polar surface area (TPSA) is 67.3 Å². The van der Waals surface area contributed by atoms with Crippen molar-refractivity contribution in [3.8, 4) is 17.0 Å². The third-order valence-electron chi connectivity index (χ3n) is 6.25. The van der Waals surface area contributed by atoms with Crippen molar-refractivity contribution in [2.24, 2.45) is 0 Å². The van der Waals surface area contributed by atoms with Crippen LogP contribution in [-0.4, -0.2) is 29.5 Å². The predicted octanol–water partition coefficient (Wildman–Crippen LogP) is 7.05. The van der Waals surface area contributed by atoms with E-state index in [9.17, 15) is 4.79 Å². The molecule has 0 aliphatic rings. The first-order chi connectivity index (χ1) is 18.6. The highest BCUT2D eigenvalue weighted by Gasteiger charge is 2.20. The molecule has 0 radical (unpaired) electrons. The highest BCUT2D eigenvalue weighted by molar-refractivity contribution is 6.32. The van der Waals surface area contributed by atoms with Gasteiger partial charge in [0, 0.05) is 36.0 Å². The van der Waals surface area contributed by atoms with E-state index >= 15 is 0 Å². The van der Waals surface area contributed by atoms with Gasteiger partial charge in [-0.3, -0.25) is 4.79 Å². The maximum absolute atomic E-state index is 13.0. The number of rotatable bonds is 8. The summed E-state index contributed by atoms with van der Waals surface area (Å²) in [6, 6.07) is 30.9. The second-order valence-corrected chi connectivity index (χ2v) is 9.11. The molecule has 5 aromatic rings. The molecule has 5 rings (SSSR count). The first-order valence-corrected chi connectivity index (χ1v) is 12.8. The summed E-state index contributed by atoms with van der Waals surface area (Å²) >= 11 is 6.42. The average Bonchev–Trinajstić information content (AvgIpc) is 2.97. The van der Waals surface area contributed by atoms with E-state index in [2.05, 4.69) is 17.1 Å². The van der Waals surface area contributed by atoms with Crippen LogP contribution in [0.1, 0.15) is 22.8 Å². The zero-order valence-electron chi connectivity index (χ0n) is 21.2. The summed E-state index contributed by atoms with van der Waals surface area (Å²) < 4.78 is 5.42. The number of benzene rings is 4. The van der Waals surface area contributed by atoms with Crippen molar-refractivity contribution < 1.29 is 9.53 Å². The molecule has 0 unspecified atom stereocenters. The summed E-state index contributed by atoms with van der Waals surface area (Å²) in [5.41, 5.74) is 5.30. The monoisotopic (exact) mass is 522 g/mol. The molecule has 0 spiro atoms. The Kier molecular flexibility index (Phi) is 7.52. The number of fused-ring (bicyclic) bond motifs is 1. The maximum atomic E-state index is 13.0. The number of hydrogen-bond acceptors (Lipinski definition) is 5. The molecule has 190 valence electrons. The largest absolute Gasteiger partial charge is 0.495 e. The molecule has 1 amide bonds. The van der Waals surface area contributed by atoms with Crippen molar-refractivity contribution in [3.63, 3.8) is 0 Å². The first kappa shape index (κ1) is 25.2. The van der Waals surface area contributed by atoms with Crippen LogP contribution in [0.2, 0.25) is 5.02 Å². The molecule has 0 atom stereocenters. The lowest BCUT2D eigenvalue weighted by molar-refractivity contribution is 0.0951. The molecular formula is C31H27ClN4O2. The standard InChI is InChI=1S/C31H27ClN4O2/c1-3-36(24-15-8-5-9-16-24)30-29(34-26-18-25(32)28(38-2)19-27(26)35-30)22-13-10-14-23(17-22)31(37)33-20-21-11-6-4-7-12-21/h4-19H,3,20H2,1-2H3,(H,33,37). The highest BCUT2D eigenvalue weighted by Crippen LogP contribution is 2.36. The Morgan fingerprint density at radius 3 is 2.32 bits per heavy atom. The summed E-state index contributed by atoms with van der Waals surface area (Å²) in [6.07, 6.45) is 0.